The summed E-state index contributed by atoms with van der Waals surface area (Å²) in [6, 6.07) is 10.7. The molecule has 6 heteroatoms. The van der Waals surface area contributed by atoms with Crippen molar-refractivity contribution in [1.82, 2.24) is 15.2 Å². The van der Waals surface area contributed by atoms with Crippen LogP contribution in [-0.2, 0) is 0 Å². The molecule has 0 bridgehead atoms. The Morgan fingerprint density at radius 1 is 1.30 bits per heavy atom. The number of pyridine rings is 1. The maximum absolute atomic E-state index is 12.1. The van der Waals surface area contributed by atoms with E-state index in [1.54, 1.807) is 12.1 Å². The fourth-order valence-corrected chi connectivity index (χ4v) is 1.98. The van der Waals surface area contributed by atoms with Gasteiger partial charge in [0, 0.05) is 22.8 Å². The van der Waals surface area contributed by atoms with E-state index in [2.05, 4.69) is 20.5 Å². The monoisotopic (exact) mass is 267 g/mol. The normalized spacial score (nSPS) is 10.7. The van der Waals surface area contributed by atoms with E-state index in [0.717, 1.165) is 11.1 Å². The number of anilines is 2. The van der Waals surface area contributed by atoms with Gasteiger partial charge >= 0.3 is 0 Å². The van der Waals surface area contributed by atoms with Crippen LogP contribution in [0.15, 0.2) is 36.4 Å². The molecular formula is C14H13N5O. The quantitative estimate of drug-likeness (QED) is 0.662. The molecule has 0 saturated heterocycles. The summed E-state index contributed by atoms with van der Waals surface area (Å²) in [4.78, 5) is 16.4. The molecule has 2 heterocycles. The lowest BCUT2D eigenvalue weighted by molar-refractivity contribution is 0.102. The lowest BCUT2D eigenvalue weighted by Crippen LogP contribution is -2.14. The van der Waals surface area contributed by atoms with E-state index >= 15 is 0 Å². The van der Waals surface area contributed by atoms with Crippen molar-refractivity contribution in [2.24, 2.45) is 0 Å². The molecule has 4 N–H and O–H groups in total. The summed E-state index contributed by atoms with van der Waals surface area (Å²) in [6.45, 7) is 1.86. The highest BCUT2D eigenvalue weighted by Gasteiger charge is 2.12. The van der Waals surface area contributed by atoms with Gasteiger partial charge in [-0.15, -0.1) is 0 Å². The summed E-state index contributed by atoms with van der Waals surface area (Å²) in [5, 5.41) is 10.2. The predicted octanol–water partition coefficient (Wildman–Crippen LogP) is 2.10. The molecule has 3 aromatic rings. The summed E-state index contributed by atoms with van der Waals surface area (Å²) >= 11 is 0. The first-order chi connectivity index (χ1) is 9.63. The van der Waals surface area contributed by atoms with Gasteiger partial charge in [0.15, 0.2) is 5.82 Å². The molecule has 0 fully saturated rings. The molecule has 2 aromatic heterocycles. The van der Waals surface area contributed by atoms with Crippen LogP contribution in [0.25, 0.3) is 10.9 Å². The topological polar surface area (TPSA) is 96.7 Å². The second-order valence-corrected chi connectivity index (χ2v) is 4.50. The maximum Gasteiger partial charge on any atom is 0.275 e. The molecule has 3 rings (SSSR count). The van der Waals surface area contributed by atoms with Gasteiger partial charge in [0.05, 0.1) is 5.52 Å². The number of nitrogens with zero attached hydrogens (tertiary/aromatic N) is 2. The third kappa shape index (κ3) is 2.18. The van der Waals surface area contributed by atoms with Crippen LogP contribution >= 0.6 is 0 Å². The van der Waals surface area contributed by atoms with E-state index < -0.39 is 0 Å². The molecule has 0 atom stereocenters. The first kappa shape index (κ1) is 12.2. The average molecular weight is 267 g/mol. The number of hydrogen-bond donors (Lipinski definition) is 3. The third-order valence-electron chi connectivity index (χ3n) is 2.93. The van der Waals surface area contributed by atoms with Crippen LogP contribution in [0.3, 0.4) is 0 Å². The molecule has 6 nitrogen and oxygen atoms in total. The van der Waals surface area contributed by atoms with E-state index in [1.165, 1.54) is 0 Å². The van der Waals surface area contributed by atoms with Crippen molar-refractivity contribution < 1.29 is 4.79 Å². The Kier molecular flexibility index (Phi) is 2.83. The van der Waals surface area contributed by atoms with Crippen molar-refractivity contribution in [3.63, 3.8) is 0 Å². The fourth-order valence-electron chi connectivity index (χ4n) is 1.98. The van der Waals surface area contributed by atoms with Gasteiger partial charge in [-0.05, 0) is 19.1 Å². The fraction of sp³-hybridized carbons (Fsp3) is 0.0714. The molecule has 0 aliphatic rings. The van der Waals surface area contributed by atoms with Crippen LogP contribution in [0.5, 0.6) is 0 Å². The summed E-state index contributed by atoms with van der Waals surface area (Å²) in [7, 11) is 0. The van der Waals surface area contributed by atoms with Gasteiger partial charge in [0.25, 0.3) is 5.91 Å². The van der Waals surface area contributed by atoms with E-state index in [-0.39, 0.29) is 11.6 Å². The van der Waals surface area contributed by atoms with Crippen molar-refractivity contribution in [1.29, 1.82) is 0 Å². The minimum atomic E-state index is -0.339. The third-order valence-corrected chi connectivity index (χ3v) is 2.93. The number of nitrogen functional groups attached to an aromatic ring is 1. The Morgan fingerprint density at radius 2 is 2.10 bits per heavy atom. The first-order valence-electron chi connectivity index (χ1n) is 6.12. The number of nitrogens with one attached hydrogen (secondary N) is 2. The van der Waals surface area contributed by atoms with Crippen LogP contribution < -0.4 is 11.1 Å². The molecule has 0 spiro atoms. The molecule has 100 valence electrons. The Morgan fingerprint density at radius 3 is 2.85 bits per heavy atom. The number of aromatic nitrogens is 3. The van der Waals surface area contributed by atoms with Crippen molar-refractivity contribution in [3.05, 3.63) is 47.8 Å². The number of benzene rings is 1. The smallest absolute Gasteiger partial charge is 0.275 e. The number of amides is 1. The number of fused-ring (bicyclic) bond motifs is 1. The number of H-pyrrole nitrogens is 1. The largest absolute Gasteiger partial charge is 0.398 e. The zero-order chi connectivity index (χ0) is 14.1. The summed E-state index contributed by atoms with van der Waals surface area (Å²) in [6.07, 6.45) is 0. The lowest BCUT2D eigenvalue weighted by Gasteiger charge is -2.05. The lowest BCUT2D eigenvalue weighted by atomic mass is 10.1. The Labute approximate surface area is 115 Å². The van der Waals surface area contributed by atoms with Crippen LogP contribution in [0.2, 0.25) is 0 Å². The van der Waals surface area contributed by atoms with Crippen LogP contribution in [0.4, 0.5) is 11.5 Å². The van der Waals surface area contributed by atoms with Crippen LogP contribution in [0.1, 0.15) is 16.2 Å². The van der Waals surface area contributed by atoms with Gasteiger partial charge in [-0.1, -0.05) is 18.2 Å². The molecule has 0 radical (unpaired) electrons. The van der Waals surface area contributed by atoms with Gasteiger partial charge < -0.3 is 11.1 Å². The molecule has 0 saturated carbocycles. The summed E-state index contributed by atoms with van der Waals surface area (Å²) in [5.41, 5.74) is 8.30. The van der Waals surface area contributed by atoms with E-state index in [1.807, 2.05) is 31.2 Å². The second-order valence-electron chi connectivity index (χ2n) is 4.50. The molecule has 20 heavy (non-hydrogen) atoms. The number of nitrogens with two attached hydrogens (primary N) is 1. The number of aromatic amines is 1. The van der Waals surface area contributed by atoms with Crippen molar-refractivity contribution in [3.8, 4) is 0 Å². The molecule has 1 amide bonds. The van der Waals surface area contributed by atoms with Gasteiger partial charge in [0.2, 0.25) is 0 Å². The number of rotatable bonds is 2. The maximum atomic E-state index is 12.1. The number of carbonyl (C=O) groups is 1. The van der Waals surface area contributed by atoms with Gasteiger partial charge in [-0.2, -0.15) is 5.10 Å². The molecule has 1 aromatic carbocycles. The van der Waals surface area contributed by atoms with Crippen molar-refractivity contribution in [2.75, 3.05) is 11.1 Å². The van der Waals surface area contributed by atoms with Gasteiger partial charge in [0.1, 0.15) is 5.69 Å². The zero-order valence-corrected chi connectivity index (χ0v) is 10.8. The summed E-state index contributed by atoms with van der Waals surface area (Å²) in [5.74, 6) is 0.120. The van der Waals surface area contributed by atoms with Gasteiger partial charge in [-0.25, -0.2) is 4.98 Å². The summed E-state index contributed by atoms with van der Waals surface area (Å²) < 4.78 is 0. The molecule has 0 unspecified atom stereocenters. The Bertz CT molecular complexity index is 793. The highest BCUT2D eigenvalue weighted by atomic mass is 16.1. The van der Waals surface area contributed by atoms with Crippen molar-refractivity contribution >= 4 is 28.3 Å². The van der Waals surface area contributed by atoms with Crippen molar-refractivity contribution in [2.45, 2.75) is 6.92 Å². The second kappa shape index (κ2) is 4.65. The van der Waals surface area contributed by atoms with E-state index in [0.29, 0.717) is 17.0 Å². The number of hydrogen-bond acceptors (Lipinski definition) is 4. The first-order valence-corrected chi connectivity index (χ1v) is 6.12. The minimum Gasteiger partial charge on any atom is -0.398 e. The Balaban J connectivity index is 1.95. The number of aryl methyl sites for hydroxylation is 1. The highest BCUT2D eigenvalue weighted by Crippen LogP contribution is 2.20. The van der Waals surface area contributed by atoms with Crippen LogP contribution in [0, 0.1) is 6.92 Å². The molecular weight excluding hydrogens is 254 g/mol. The average Bonchev–Trinajstić information content (AvgIpc) is 2.84. The highest BCUT2D eigenvalue weighted by molar-refractivity contribution is 6.05. The zero-order valence-electron chi connectivity index (χ0n) is 10.8. The number of para-hydroxylation sites is 1. The van der Waals surface area contributed by atoms with Gasteiger partial charge in [-0.3, -0.25) is 9.89 Å². The standard InChI is InChI=1S/C14H13N5O/c1-8-6-13(19-18-8)17-14(20)12-7-10(15)9-4-2-3-5-11(9)16-12/h2-7H,1H3,(H2,15,16)(H2,17,18,19,20). The predicted molar refractivity (Wildman–Crippen MR) is 77.4 cm³/mol. The SMILES string of the molecule is Cc1cc(NC(=O)c2cc(N)c3ccccc3n2)n[nH]1. The molecule has 0 aliphatic heterocycles. The molecule has 0 aliphatic carbocycles. The Hall–Kier alpha value is -2.89. The number of carbonyl (C=O) groups excluding carboxylic acids is 1. The van der Waals surface area contributed by atoms with E-state index in [4.69, 9.17) is 5.73 Å². The van der Waals surface area contributed by atoms with E-state index in [9.17, 15) is 4.79 Å². The minimum absolute atomic E-state index is 0.266. The van der Waals surface area contributed by atoms with Crippen LogP contribution in [-0.4, -0.2) is 21.1 Å².